The smallest absolute Gasteiger partial charge is 0.147 e. The molecular weight excluding hydrogens is 579 g/mol. The van der Waals surface area contributed by atoms with Gasteiger partial charge in [-0.2, -0.15) is 0 Å². The summed E-state index contributed by atoms with van der Waals surface area (Å²) in [6.45, 7) is 9.22. The van der Waals surface area contributed by atoms with Gasteiger partial charge in [-0.1, -0.05) is 113 Å². The highest BCUT2D eigenvalue weighted by molar-refractivity contribution is 7.26. The Morgan fingerprint density at radius 3 is 1.91 bits per heavy atom. The number of rotatable bonds is 6. The molecule has 0 saturated heterocycles. The molecule has 3 aromatic heterocycles. The number of thiophene rings is 1. The van der Waals surface area contributed by atoms with E-state index < -0.39 is 0 Å². The maximum absolute atomic E-state index is 5.38. The van der Waals surface area contributed by atoms with Crippen molar-refractivity contribution in [3.05, 3.63) is 139 Å². The van der Waals surface area contributed by atoms with Crippen LogP contribution in [0.1, 0.15) is 50.7 Å². The average molecular weight is 614 g/mol. The number of para-hydroxylation sites is 2. The number of imidazole rings is 1. The first-order valence-corrected chi connectivity index (χ1v) is 16.9. The van der Waals surface area contributed by atoms with Crippen LogP contribution in [0.5, 0.6) is 0 Å². The Morgan fingerprint density at radius 1 is 0.565 bits per heavy atom. The average Bonchev–Trinajstić information content (AvgIpc) is 3.66. The Balaban J connectivity index is 1.42. The molecule has 0 unspecified atom stereocenters. The van der Waals surface area contributed by atoms with Crippen molar-refractivity contribution in [1.29, 1.82) is 0 Å². The summed E-state index contributed by atoms with van der Waals surface area (Å²) in [5.74, 6) is 1.59. The van der Waals surface area contributed by atoms with Crippen molar-refractivity contribution in [3.63, 3.8) is 0 Å². The van der Waals surface area contributed by atoms with Crippen molar-refractivity contribution < 1.29 is 0 Å². The van der Waals surface area contributed by atoms with Gasteiger partial charge in [0, 0.05) is 26.6 Å². The Morgan fingerprint density at radius 2 is 1.22 bits per heavy atom. The molecule has 0 amide bonds. The first-order chi connectivity index (χ1) is 22.5. The Labute approximate surface area is 273 Å². The summed E-state index contributed by atoms with van der Waals surface area (Å²) >= 11 is 1.76. The van der Waals surface area contributed by atoms with E-state index in [1.54, 1.807) is 11.3 Å². The van der Waals surface area contributed by atoms with Gasteiger partial charge in [-0.3, -0.25) is 4.57 Å². The molecule has 224 valence electrons. The number of nitrogens with zero attached hydrogens (tertiary/aromatic N) is 3. The molecule has 0 radical (unpaired) electrons. The summed E-state index contributed by atoms with van der Waals surface area (Å²) in [7, 11) is 0. The van der Waals surface area contributed by atoms with Crippen LogP contribution in [0.4, 0.5) is 0 Å². The predicted molar refractivity (Wildman–Crippen MR) is 196 cm³/mol. The third kappa shape index (κ3) is 4.72. The Kier molecular flexibility index (Phi) is 7.03. The number of aromatic nitrogens is 3. The topological polar surface area (TPSA) is 30.7 Å². The zero-order chi connectivity index (χ0) is 31.4. The second-order valence-corrected chi connectivity index (χ2v) is 13.6. The fourth-order valence-electron chi connectivity index (χ4n) is 6.67. The summed E-state index contributed by atoms with van der Waals surface area (Å²) in [6, 6.07) is 45.5. The molecule has 0 bridgehead atoms. The van der Waals surface area contributed by atoms with E-state index in [4.69, 9.17) is 9.97 Å². The van der Waals surface area contributed by atoms with Crippen LogP contribution in [0.15, 0.2) is 127 Å². The lowest BCUT2D eigenvalue weighted by atomic mass is 9.88. The minimum absolute atomic E-state index is 0.311. The van der Waals surface area contributed by atoms with Crippen LogP contribution in [0.2, 0.25) is 0 Å². The van der Waals surface area contributed by atoms with E-state index in [0.29, 0.717) is 11.8 Å². The van der Waals surface area contributed by atoms with Crippen molar-refractivity contribution in [2.75, 3.05) is 0 Å². The van der Waals surface area contributed by atoms with E-state index in [-0.39, 0.29) is 0 Å². The molecule has 5 aromatic carbocycles. The maximum atomic E-state index is 5.38. The van der Waals surface area contributed by atoms with Gasteiger partial charge in [-0.25, -0.2) is 9.97 Å². The summed E-state index contributed by atoms with van der Waals surface area (Å²) in [5.41, 5.74) is 11.8. The Hall–Kier alpha value is -5.06. The third-order valence-electron chi connectivity index (χ3n) is 8.98. The van der Waals surface area contributed by atoms with Gasteiger partial charge in [0.1, 0.15) is 10.7 Å². The molecule has 3 nitrogen and oxygen atoms in total. The normalized spacial score (nSPS) is 11.9. The predicted octanol–water partition coefficient (Wildman–Crippen LogP) is 12.0. The first kappa shape index (κ1) is 28.4. The Bertz CT molecular complexity index is 2330. The van der Waals surface area contributed by atoms with Crippen LogP contribution >= 0.6 is 11.3 Å². The van der Waals surface area contributed by atoms with E-state index in [1.807, 2.05) is 6.07 Å². The summed E-state index contributed by atoms with van der Waals surface area (Å²) in [4.78, 5) is 11.6. The molecule has 0 N–H and O–H groups in total. The lowest BCUT2D eigenvalue weighted by molar-refractivity contribution is 0.812. The van der Waals surface area contributed by atoms with Gasteiger partial charge in [-0.15, -0.1) is 11.3 Å². The van der Waals surface area contributed by atoms with Gasteiger partial charge in [0.2, 0.25) is 0 Å². The number of benzene rings is 5. The van der Waals surface area contributed by atoms with E-state index in [1.165, 1.54) is 43.4 Å². The van der Waals surface area contributed by atoms with Gasteiger partial charge in [0.25, 0.3) is 0 Å². The van der Waals surface area contributed by atoms with Crippen LogP contribution in [0.25, 0.3) is 70.8 Å². The second-order valence-electron chi connectivity index (χ2n) is 12.6. The van der Waals surface area contributed by atoms with Crippen LogP contribution in [0, 0.1) is 0 Å². The molecule has 0 atom stereocenters. The van der Waals surface area contributed by atoms with Crippen LogP contribution < -0.4 is 0 Å². The lowest BCUT2D eigenvalue weighted by Crippen LogP contribution is -2.09. The molecule has 8 rings (SSSR count). The van der Waals surface area contributed by atoms with Gasteiger partial charge in [0.05, 0.1) is 22.4 Å². The van der Waals surface area contributed by atoms with E-state index >= 15 is 0 Å². The zero-order valence-electron chi connectivity index (χ0n) is 26.5. The molecule has 0 fully saturated rings. The van der Waals surface area contributed by atoms with Crippen LogP contribution in [-0.4, -0.2) is 14.5 Å². The molecule has 0 saturated carbocycles. The fourth-order valence-corrected chi connectivity index (χ4v) is 7.86. The summed E-state index contributed by atoms with van der Waals surface area (Å²) in [6.07, 6.45) is 0. The first-order valence-electron chi connectivity index (χ1n) is 16.1. The zero-order valence-corrected chi connectivity index (χ0v) is 27.3. The van der Waals surface area contributed by atoms with Crippen LogP contribution in [-0.2, 0) is 0 Å². The third-order valence-corrected chi connectivity index (χ3v) is 10.1. The molecule has 8 aromatic rings. The lowest BCUT2D eigenvalue weighted by Gasteiger charge is -2.24. The standard InChI is InChI=1S/C42H35N3S/c1-26(2)34-24-30(28-14-7-5-8-15-28)25-35(27(3)4)39(34)45-38-21-12-11-20-37(38)43-41(45)33-19-13-18-31-32-22-23-36(29-16-9-6-10-17-29)44-42(32)46-40(31)33/h5-27H,1-4H3. The fraction of sp³-hybridized carbons (Fsp3) is 0.143. The molecule has 3 heterocycles. The van der Waals surface area contributed by atoms with E-state index in [9.17, 15) is 0 Å². The highest BCUT2D eigenvalue weighted by Gasteiger charge is 2.25. The highest BCUT2D eigenvalue weighted by Crippen LogP contribution is 2.44. The van der Waals surface area contributed by atoms with Gasteiger partial charge < -0.3 is 0 Å². The van der Waals surface area contributed by atoms with Gasteiger partial charge in [0.15, 0.2) is 0 Å². The molecule has 0 aliphatic rings. The maximum Gasteiger partial charge on any atom is 0.147 e. The molecular formula is C42H35N3S. The molecule has 0 spiro atoms. The van der Waals surface area contributed by atoms with E-state index in [2.05, 4.69) is 154 Å². The number of pyridine rings is 1. The molecule has 4 heteroatoms. The molecule has 0 aliphatic carbocycles. The second kappa shape index (κ2) is 11.4. The van der Waals surface area contributed by atoms with Crippen molar-refractivity contribution in [2.24, 2.45) is 0 Å². The largest absolute Gasteiger partial charge is 0.292 e. The van der Waals surface area contributed by atoms with Crippen molar-refractivity contribution in [2.45, 2.75) is 39.5 Å². The van der Waals surface area contributed by atoms with E-state index in [0.717, 1.165) is 38.5 Å². The summed E-state index contributed by atoms with van der Waals surface area (Å²) in [5, 5.41) is 2.40. The van der Waals surface area contributed by atoms with Crippen molar-refractivity contribution in [1.82, 2.24) is 14.5 Å². The molecule has 0 aliphatic heterocycles. The monoisotopic (exact) mass is 613 g/mol. The van der Waals surface area contributed by atoms with Crippen molar-refractivity contribution >= 4 is 42.7 Å². The SMILES string of the molecule is CC(C)c1cc(-c2ccccc2)cc(C(C)C)c1-n1c(-c2cccc3c2sc2nc(-c4ccccc4)ccc23)nc2ccccc21. The molecule has 46 heavy (non-hydrogen) atoms. The van der Waals surface area contributed by atoms with Crippen LogP contribution in [0.3, 0.4) is 0 Å². The minimum Gasteiger partial charge on any atom is -0.292 e. The van der Waals surface area contributed by atoms with Crippen molar-refractivity contribution in [3.8, 4) is 39.5 Å². The van der Waals surface area contributed by atoms with Gasteiger partial charge in [-0.05, 0) is 76.6 Å². The number of hydrogen-bond donors (Lipinski definition) is 0. The van der Waals surface area contributed by atoms with Gasteiger partial charge >= 0.3 is 0 Å². The minimum atomic E-state index is 0.311. The summed E-state index contributed by atoms with van der Waals surface area (Å²) < 4.78 is 3.65. The highest BCUT2D eigenvalue weighted by atomic mass is 32.1. The quantitative estimate of drug-likeness (QED) is 0.187. The number of hydrogen-bond acceptors (Lipinski definition) is 3. The number of fused-ring (bicyclic) bond motifs is 4.